The lowest BCUT2D eigenvalue weighted by Gasteiger charge is -2.12. The summed E-state index contributed by atoms with van der Waals surface area (Å²) < 4.78 is 82.4. The Labute approximate surface area is 170 Å². The molecule has 0 unspecified atom stereocenters. The summed E-state index contributed by atoms with van der Waals surface area (Å²) in [7, 11) is -5.85. The molecular formula is C18H8F4N3O5S. The van der Waals surface area contributed by atoms with Gasteiger partial charge < -0.3 is 4.42 Å². The Kier molecular flexibility index (Phi) is 4.57. The van der Waals surface area contributed by atoms with Crippen molar-refractivity contribution in [1.82, 2.24) is 8.96 Å². The summed E-state index contributed by atoms with van der Waals surface area (Å²) in [6, 6.07) is 9.02. The van der Waals surface area contributed by atoms with Crippen LogP contribution in [0.15, 0.2) is 53.2 Å². The number of imidazole rings is 1. The van der Waals surface area contributed by atoms with Crippen LogP contribution in [0.3, 0.4) is 0 Å². The number of benzene rings is 2. The first-order chi connectivity index (χ1) is 14.5. The number of alkyl halides is 3. The average molecular weight is 454 g/mol. The highest BCUT2D eigenvalue weighted by molar-refractivity contribution is 7.90. The summed E-state index contributed by atoms with van der Waals surface area (Å²) >= 11 is 0. The third-order valence-electron chi connectivity index (χ3n) is 4.29. The maximum atomic E-state index is 13.3. The highest BCUT2D eigenvalue weighted by atomic mass is 32.2. The van der Waals surface area contributed by atoms with Gasteiger partial charge in [-0.05, 0) is 30.3 Å². The van der Waals surface area contributed by atoms with Crippen LogP contribution in [0.2, 0.25) is 0 Å². The molecule has 0 bridgehead atoms. The number of furan rings is 1. The van der Waals surface area contributed by atoms with Gasteiger partial charge in [0, 0.05) is 23.3 Å². The molecule has 0 spiro atoms. The van der Waals surface area contributed by atoms with Crippen LogP contribution in [0.1, 0.15) is 0 Å². The van der Waals surface area contributed by atoms with Crippen LogP contribution in [0.4, 0.5) is 23.2 Å². The van der Waals surface area contributed by atoms with Gasteiger partial charge in [0.15, 0.2) is 5.82 Å². The van der Waals surface area contributed by atoms with Gasteiger partial charge in [0.1, 0.15) is 17.2 Å². The highest BCUT2D eigenvalue weighted by Crippen LogP contribution is 2.42. The van der Waals surface area contributed by atoms with Crippen molar-refractivity contribution < 1.29 is 35.3 Å². The zero-order valence-electron chi connectivity index (χ0n) is 14.9. The summed E-state index contributed by atoms with van der Waals surface area (Å²) in [4.78, 5) is 14.0. The van der Waals surface area contributed by atoms with Gasteiger partial charge in [-0.1, -0.05) is 0 Å². The molecule has 0 aliphatic carbocycles. The van der Waals surface area contributed by atoms with E-state index in [0.29, 0.717) is 6.20 Å². The second kappa shape index (κ2) is 6.91. The van der Waals surface area contributed by atoms with Crippen LogP contribution in [0.25, 0.3) is 33.7 Å². The molecule has 2 heterocycles. The van der Waals surface area contributed by atoms with Gasteiger partial charge in [-0.3, -0.25) is 10.1 Å². The number of hydrogen-bond acceptors (Lipinski definition) is 6. The lowest BCUT2D eigenvalue weighted by Crippen LogP contribution is -2.29. The molecule has 0 N–H and O–H groups in total. The molecule has 4 aromatic rings. The smallest absolute Gasteiger partial charge is 0.455 e. The zero-order chi connectivity index (χ0) is 22.6. The Bertz CT molecular complexity index is 1420. The number of halogens is 4. The minimum atomic E-state index is -5.85. The Morgan fingerprint density at radius 3 is 2.48 bits per heavy atom. The quantitative estimate of drug-likeness (QED) is 0.255. The van der Waals surface area contributed by atoms with Crippen LogP contribution in [-0.2, 0) is 10.0 Å². The number of rotatable bonds is 4. The topological polar surface area (TPSA) is 108 Å². The van der Waals surface area contributed by atoms with Crippen LogP contribution in [0.5, 0.6) is 0 Å². The molecule has 4 rings (SSSR count). The van der Waals surface area contributed by atoms with E-state index < -0.39 is 37.8 Å². The maximum Gasteiger partial charge on any atom is 0.517 e. The van der Waals surface area contributed by atoms with Gasteiger partial charge in [-0.2, -0.15) is 21.6 Å². The lowest BCUT2D eigenvalue weighted by molar-refractivity contribution is -0.385. The maximum absolute atomic E-state index is 13.3. The molecule has 0 saturated heterocycles. The number of hydrogen-bond donors (Lipinski definition) is 0. The van der Waals surface area contributed by atoms with Crippen molar-refractivity contribution in [3.05, 3.63) is 70.8 Å². The summed E-state index contributed by atoms with van der Waals surface area (Å²) in [5, 5.41) is 11.1. The molecule has 0 amide bonds. The Morgan fingerprint density at radius 2 is 1.87 bits per heavy atom. The second-order valence-electron chi connectivity index (χ2n) is 6.16. The molecule has 0 aliphatic rings. The number of nitro groups is 1. The van der Waals surface area contributed by atoms with E-state index in [0.717, 1.165) is 30.5 Å². The van der Waals surface area contributed by atoms with E-state index in [4.69, 9.17) is 4.42 Å². The molecular weight excluding hydrogens is 446 g/mol. The molecule has 31 heavy (non-hydrogen) atoms. The largest absolute Gasteiger partial charge is 0.517 e. The third-order valence-corrected chi connectivity index (χ3v) is 5.69. The van der Waals surface area contributed by atoms with Gasteiger partial charge in [-0.15, -0.1) is 0 Å². The summed E-state index contributed by atoms with van der Waals surface area (Å²) in [6.07, 6.45) is 1.46. The van der Waals surface area contributed by atoms with Gasteiger partial charge in [0.2, 0.25) is 0 Å². The first-order valence-corrected chi connectivity index (χ1v) is 9.69. The van der Waals surface area contributed by atoms with Crippen LogP contribution in [0, 0.1) is 22.0 Å². The van der Waals surface area contributed by atoms with Crippen molar-refractivity contribution in [3.63, 3.8) is 0 Å². The predicted molar refractivity (Wildman–Crippen MR) is 98.7 cm³/mol. The van der Waals surface area contributed by atoms with Crippen molar-refractivity contribution in [2.24, 2.45) is 0 Å². The molecule has 2 aromatic heterocycles. The molecule has 0 aliphatic heterocycles. The molecule has 159 valence electrons. The van der Waals surface area contributed by atoms with Gasteiger partial charge >= 0.3 is 15.5 Å². The standard InChI is InChI=1S/C18H8F4N3O5S/c19-11-3-1-10(2-4-11)16-15(13-6-5-12(25(26)27)9-14(13)30-16)17-23-7-8-24(17)31(28,29)18(20,21)22/h1-4,6-9H. The molecule has 1 radical (unpaired) electrons. The highest BCUT2D eigenvalue weighted by Gasteiger charge is 2.48. The number of fused-ring (bicyclic) bond motifs is 1. The first-order valence-electron chi connectivity index (χ1n) is 8.25. The van der Waals surface area contributed by atoms with Gasteiger partial charge in [0.05, 0.1) is 22.6 Å². The first kappa shape index (κ1) is 20.5. The van der Waals surface area contributed by atoms with Crippen LogP contribution >= 0.6 is 0 Å². The number of aromatic nitrogens is 2. The summed E-state index contributed by atoms with van der Waals surface area (Å²) in [6.45, 7) is 0. The van der Waals surface area contributed by atoms with Crippen LogP contribution < -0.4 is 0 Å². The monoisotopic (exact) mass is 454 g/mol. The zero-order valence-corrected chi connectivity index (χ0v) is 15.7. The van der Waals surface area contributed by atoms with Crippen molar-refractivity contribution >= 4 is 26.7 Å². The molecule has 0 saturated carbocycles. The molecule has 13 heteroatoms. The van der Waals surface area contributed by atoms with Crippen molar-refractivity contribution in [2.75, 3.05) is 0 Å². The number of nitrogens with zero attached hydrogens (tertiary/aromatic N) is 3. The third kappa shape index (κ3) is 3.32. The van der Waals surface area contributed by atoms with E-state index in [-0.39, 0.29) is 31.8 Å². The normalized spacial score (nSPS) is 12.4. The Morgan fingerprint density at radius 1 is 1.19 bits per heavy atom. The fourth-order valence-electron chi connectivity index (χ4n) is 2.93. The van der Waals surface area contributed by atoms with Gasteiger partial charge in [-0.25, -0.2) is 13.3 Å². The van der Waals surface area contributed by atoms with Crippen molar-refractivity contribution in [1.29, 1.82) is 0 Å². The molecule has 0 atom stereocenters. The lowest BCUT2D eigenvalue weighted by atomic mass is 10.0. The van der Waals surface area contributed by atoms with Crippen LogP contribution in [-0.4, -0.2) is 27.8 Å². The number of non-ortho nitro benzene ring substituents is 1. The Balaban J connectivity index is 2.07. The fraction of sp³-hybridized carbons (Fsp3) is 0.0556. The SMILES string of the molecule is O=[N+]([O-])c1[c]cc2c(-c3nccn3S(=O)(=O)C(F)(F)F)c(-c3ccc(F)cc3)oc2c1. The van der Waals surface area contributed by atoms with E-state index in [1.54, 1.807) is 0 Å². The minimum absolute atomic E-state index is 0.0229. The van der Waals surface area contributed by atoms with Crippen molar-refractivity contribution in [2.45, 2.75) is 5.51 Å². The fourth-order valence-corrected chi connectivity index (χ4v) is 3.73. The summed E-state index contributed by atoms with van der Waals surface area (Å²) in [5.41, 5.74) is -6.24. The molecule has 0 fully saturated rings. The summed E-state index contributed by atoms with van der Waals surface area (Å²) in [5.74, 6) is -1.40. The molecule has 2 aromatic carbocycles. The average Bonchev–Trinajstić information content (AvgIpc) is 3.31. The van der Waals surface area contributed by atoms with E-state index in [2.05, 4.69) is 11.1 Å². The van der Waals surface area contributed by atoms with E-state index in [9.17, 15) is 36.1 Å². The van der Waals surface area contributed by atoms with Gasteiger partial charge in [0.25, 0.3) is 5.69 Å². The van der Waals surface area contributed by atoms with E-state index in [1.165, 1.54) is 12.1 Å². The minimum Gasteiger partial charge on any atom is -0.455 e. The predicted octanol–water partition coefficient (Wildman–Crippen LogP) is 4.51. The second-order valence-corrected chi connectivity index (χ2v) is 7.97. The van der Waals surface area contributed by atoms with E-state index in [1.807, 2.05) is 0 Å². The number of nitro benzene ring substituents is 1. The van der Waals surface area contributed by atoms with E-state index >= 15 is 0 Å². The molecule has 8 nitrogen and oxygen atoms in total. The Hall–Kier alpha value is -3.74. The van der Waals surface area contributed by atoms with Crippen molar-refractivity contribution in [3.8, 4) is 22.7 Å².